The second-order valence-corrected chi connectivity index (χ2v) is 7.92. The summed E-state index contributed by atoms with van der Waals surface area (Å²) in [6, 6.07) is 13.4. The number of rotatable bonds is 6. The van der Waals surface area contributed by atoms with Gasteiger partial charge in [0.25, 0.3) is 5.91 Å². The van der Waals surface area contributed by atoms with Gasteiger partial charge in [0.05, 0.1) is 23.6 Å². The quantitative estimate of drug-likeness (QED) is 0.481. The molecule has 170 valence electrons. The zero-order valence-corrected chi connectivity index (χ0v) is 17.8. The van der Waals surface area contributed by atoms with Crippen molar-refractivity contribution in [3.8, 4) is 11.5 Å². The lowest BCUT2D eigenvalue weighted by atomic mass is 9.95. The molecule has 4 rings (SSSR count). The van der Waals surface area contributed by atoms with E-state index in [1.807, 2.05) is 0 Å². The van der Waals surface area contributed by atoms with Crippen molar-refractivity contribution < 1.29 is 37.3 Å². The Balaban J connectivity index is 1.85. The molecule has 33 heavy (non-hydrogen) atoms. The number of methoxy groups -OCH3 is 1. The lowest BCUT2D eigenvalue weighted by molar-refractivity contribution is -0.274. The van der Waals surface area contributed by atoms with Crippen molar-refractivity contribution >= 4 is 28.7 Å². The monoisotopic (exact) mass is 475 g/mol. The van der Waals surface area contributed by atoms with E-state index < -0.39 is 35.6 Å². The van der Waals surface area contributed by atoms with E-state index in [2.05, 4.69) is 4.74 Å². The smallest absolute Gasteiger partial charge is 0.503 e. The van der Waals surface area contributed by atoms with Gasteiger partial charge in [0.15, 0.2) is 5.76 Å². The Morgan fingerprint density at radius 3 is 2.45 bits per heavy atom. The normalized spacial score (nSPS) is 16.3. The number of ether oxygens (including phenoxy) is 2. The van der Waals surface area contributed by atoms with Crippen LogP contribution in [0.1, 0.15) is 21.3 Å². The van der Waals surface area contributed by atoms with E-state index >= 15 is 0 Å². The summed E-state index contributed by atoms with van der Waals surface area (Å²) in [7, 11) is 1.44. The molecular weight excluding hydrogens is 459 g/mol. The number of carbonyl (C=O) groups is 2. The third kappa shape index (κ3) is 4.42. The molecule has 0 spiro atoms. The molecule has 1 unspecified atom stereocenters. The molecule has 3 aromatic rings. The van der Waals surface area contributed by atoms with Crippen LogP contribution in [0.15, 0.2) is 77.4 Å². The maximum absolute atomic E-state index is 13.2. The van der Waals surface area contributed by atoms with Crippen LogP contribution in [0.25, 0.3) is 0 Å². The molecule has 10 heteroatoms. The average Bonchev–Trinajstić information content (AvgIpc) is 3.40. The molecule has 0 radical (unpaired) electrons. The second-order valence-electron chi connectivity index (χ2n) is 6.97. The van der Waals surface area contributed by atoms with Crippen LogP contribution in [0.5, 0.6) is 11.5 Å². The maximum atomic E-state index is 13.2. The maximum Gasteiger partial charge on any atom is 0.573 e. The van der Waals surface area contributed by atoms with Crippen LogP contribution in [-0.4, -0.2) is 30.3 Å². The molecule has 0 bridgehead atoms. The highest BCUT2D eigenvalue weighted by molar-refractivity contribution is 7.12. The number of ketones is 1. The number of alkyl halides is 3. The van der Waals surface area contributed by atoms with Crippen molar-refractivity contribution in [1.29, 1.82) is 0 Å². The van der Waals surface area contributed by atoms with Gasteiger partial charge in [0.2, 0.25) is 5.78 Å². The van der Waals surface area contributed by atoms with Crippen molar-refractivity contribution in [3.05, 3.63) is 87.8 Å². The van der Waals surface area contributed by atoms with Crippen LogP contribution in [0, 0.1) is 0 Å². The van der Waals surface area contributed by atoms with E-state index in [0.717, 1.165) is 28.4 Å². The summed E-state index contributed by atoms with van der Waals surface area (Å²) in [6.45, 7) is 0. The number of anilines is 1. The summed E-state index contributed by atoms with van der Waals surface area (Å²) in [5.41, 5.74) is 0.252. The van der Waals surface area contributed by atoms with Gasteiger partial charge in [-0.2, -0.15) is 0 Å². The number of Topliss-reactive ketones (excluding diaryl/α,β-unsaturated/α-hetero) is 1. The molecule has 1 amide bonds. The molecule has 1 aliphatic heterocycles. The minimum Gasteiger partial charge on any atom is -0.503 e. The summed E-state index contributed by atoms with van der Waals surface area (Å²) in [6.07, 6.45) is -4.93. The first-order chi connectivity index (χ1) is 15.7. The number of carbonyl (C=O) groups excluding carboxylic acids is 2. The number of nitrogens with zero attached hydrogens (tertiary/aromatic N) is 1. The van der Waals surface area contributed by atoms with Crippen molar-refractivity contribution in [2.24, 2.45) is 0 Å². The SMILES string of the molecule is COc1cccc(C2C(C(=O)c3cccs3)=C(O)C(=O)N2c2cccc(OC(F)(F)F)c2)c1. The second kappa shape index (κ2) is 8.62. The number of aliphatic hydroxyl groups excluding tert-OH is 1. The summed E-state index contributed by atoms with van der Waals surface area (Å²) in [5.74, 6) is -2.37. The standard InChI is InChI=1S/C23H16F3NO5S/c1-31-15-7-2-5-13(11-15)19-18(20(28)17-9-4-10-33-17)21(29)22(30)27(19)14-6-3-8-16(12-14)32-23(24,25)26/h2-12,19,29H,1H3. The first-order valence-electron chi connectivity index (χ1n) is 9.54. The molecular formula is C23H16F3NO5S. The van der Waals surface area contributed by atoms with E-state index in [9.17, 15) is 27.9 Å². The molecule has 0 fully saturated rings. The molecule has 1 N–H and O–H groups in total. The fourth-order valence-corrected chi connectivity index (χ4v) is 4.28. The minimum atomic E-state index is -4.93. The van der Waals surface area contributed by atoms with Crippen LogP contribution < -0.4 is 14.4 Å². The molecule has 1 atom stereocenters. The van der Waals surface area contributed by atoms with Gasteiger partial charge in [-0.25, -0.2) is 0 Å². The fourth-order valence-electron chi connectivity index (χ4n) is 3.60. The van der Waals surface area contributed by atoms with Crippen molar-refractivity contribution in [3.63, 3.8) is 0 Å². The Labute approximate surface area is 190 Å². The summed E-state index contributed by atoms with van der Waals surface area (Å²) < 4.78 is 47.4. The number of benzene rings is 2. The Hall–Kier alpha value is -3.79. The van der Waals surface area contributed by atoms with Gasteiger partial charge in [-0.05, 0) is 41.3 Å². The van der Waals surface area contributed by atoms with E-state index in [-0.39, 0.29) is 11.3 Å². The minimum absolute atomic E-state index is 0.00935. The number of aliphatic hydroxyl groups is 1. The number of halogens is 3. The molecule has 0 saturated carbocycles. The molecule has 1 aromatic heterocycles. The highest BCUT2D eigenvalue weighted by Gasteiger charge is 2.45. The van der Waals surface area contributed by atoms with Crippen LogP contribution >= 0.6 is 11.3 Å². The van der Waals surface area contributed by atoms with Crippen LogP contribution in [-0.2, 0) is 4.79 Å². The van der Waals surface area contributed by atoms with Crippen molar-refractivity contribution in [1.82, 2.24) is 0 Å². The van der Waals surface area contributed by atoms with Crippen LogP contribution in [0.3, 0.4) is 0 Å². The van der Waals surface area contributed by atoms with Crippen molar-refractivity contribution in [2.75, 3.05) is 12.0 Å². The Kier molecular flexibility index (Phi) is 5.86. The van der Waals surface area contributed by atoms with E-state index in [0.29, 0.717) is 16.2 Å². The Bertz CT molecular complexity index is 1240. The topological polar surface area (TPSA) is 76.1 Å². The lowest BCUT2D eigenvalue weighted by Crippen LogP contribution is -2.31. The predicted molar refractivity (Wildman–Crippen MR) is 115 cm³/mol. The Morgan fingerprint density at radius 2 is 1.79 bits per heavy atom. The number of amides is 1. The van der Waals surface area contributed by atoms with Gasteiger partial charge < -0.3 is 14.6 Å². The van der Waals surface area contributed by atoms with Crippen molar-refractivity contribution in [2.45, 2.75) is 12.4 Å². The average molecular weight is 475 g/mol. The number of thiophene rings is 1. The first kappa shape index (κ1) is 22.4. The van der Waals surface area contributed by atoms with Gasteiger partial charge in [0.1, 0.15) is 11.5 Å². The first-order valence-corrected chi connectivity index (χ1v) is 10.4. The molecule has 6 nitrogen and oxygen atoms in total. The van der Waals surface area contributed by atoms with Gasteiger partial charge in [0, 0.05) is 11.8 Å². The summed E-state index contributed by atoms with van der Waals surface area (Å²) in [4.78, 5) is 27.7. The zero-order chi connectivity index (χ0) is 23.8. The molecule has 0 saturated heterocycles. The van der Waals surface area contributed by atoms with Crippen LogP contribution in [0.2, 0.25) is 0 Å². The summed E-state index contributed by atoms with van der Waals surface area (Å²) in [5, 5.41) is 12.4. The van der Waals surface area contributed by atoms with E-state index in [1.54, 1.807) is 41.8 Å². The van der Waals surface area contributed by atoms with Gasteiger partial charge in [-0.3, -0.25) is 14.5 Å². The van der Waals surface area contributed by atoms with Gasteiger partial charge in [-0.1, -0.05) is 24.3 Å². The molecule has 2 aromatic carbocycles. The highest BCUT2D eigenvalue weighted by atomic mass is 32.1. The zero-order valence-electron chi connectivity index (χ0n) is 17.0. The van der Waals surface area contributed by atoms with E-state index in [4.69, 9.17) is 4.74 Å². The highest BCUT2D eigenvalue weighted by Crippen LogP contribution is 2.43. The lowest BCUT2D eigenvalue weighted by Gasteiger charge is -2.27. The number of hydrogen-bond donors (Lipinski definition) is 1. The molecule has 1 aliphatic rings. The largest absolute Gasteiger partial charge is 0.573 e. The van der Waals surface area contributed by atoms with Crippen LogP contribution in [0.4, 0.5) is 18.9 Å². The molecule has 0 aliphatic carbocycles. The third-order valence-electron chi connectivity index (χ3n) is 4.94. The Morgan fingerprint density at radius 1 is 1.06 bits per heavy atom. The fraction of sp³-hybridized carbons (Fsp3) is 0.130. The predicted octanol–water partition coefficient (Wildman–Crippen LogP) is 5.44. The number of hydrogen-bond acceptors (Lipinski definition) is 6. The summed E-state index contributed by atoms with van der Waals surface area (Å²) >= 11 is 1.14. The molecule has 2 heterocycles. The van der Waals surface area contributed by atoms with E-state index in [1.165, 1.54) is 19.2 Å². The third-order valence-corrected chi connectivity index (χ3v) is 5.81. The van der Waals surface area contributed by atoms with Gasteiger partial charge in [-0.15, -0.1) is 24.5 Å². The van der Waals surface area contributed by atoms with Gasteiger partial charge >= 0.3 is 6.36 Å².